The minimum absolute atomic E-state index is 0.0750. The Morgan fingerprint density at radius 2 is 1.45 bits per heavy atom. The second kappa shape index (κ2) is 9.58. The number of hydrogen-bond acceptors (Lipinski definition) is 3. The zero-order valence-electron chi connectivity index (χ0n) is 19.1. The molecule has 0 saturated heterocycles. The molecule has 0 unspecified atom stereocenters. The molecule has 0 saturated carbocycles. The van der Waals surface area contributed by atoms with Crippen LogP contribution in [0.4, 0.5) is 0 Å². The molecular formula is C27H27Cl3N2O. The minimum atomic E-state index is -0.144. The van der Waals surface area contributed by atoms with E-state index < -0.39 is 0 Å². The SMILES string of the molecule is CCOc1cc(C(C)(C)C)c(Cl)cc1C1=N[C@H](c2ccc(Cl)cc2)[C@H](c2ccc(Cl)cc2)N1. The maximum absolute atomic E-state index is 6.74. The van der Waals surface area contributed by atoms with Crippen molar-refractivity contribution in [2.24, 2.45) is 4.99 Å². The van der Waals surface area contributed by atoms with E-state index in [9.17, 15) is 0 Å². The first-order chi connectivity index (χ1) is 15.7. The molecule has 1 aliphatic rings. The first kappa shape index (κ1) is 23.9. The molecule has 172 valence electrons. The second-order valence-electron chi connectivity index (χ2n) is 9.16. The Kier molecular flexibility index (Phi) is 6.95. The summed E-state index contributed by atoms with van der Waals surface area (Å²) >= 11 is 19.0. The minimum Gasteiger partial charge on any atom is -0.493 e. The van der Waals surface area contributed by atoms with E-state index in [1.54, 1.807) is 0 Å². The van der Waals surface area contributed by atoms with Crippen molar-refractivity contribution in [1.29, 1.82) is 0 Å². The summed E-state index contributed by atoms with van der Waals surface area (Å²) in [6, 6.07) is 19.5. The summed E-state index contributed by atoms with van der Waals surface area (Å²) in [4.78, 5) is 5.11. The predicted octanol–water partition coefficient (Wildman–Crippen LogP) is 8.18. The van der Waals surface area contributed by atoms with Crippen LogP contribution < -0.4 is 10.1 Å². The van der Waals surface area contributed by atoms with Crippen molar-refractivity contribution in [3.05, 3.63) is 98.0 Å². The van der Waals surface area contributed by atoms with Crippen LogP contribution in [0.25, 0.3) is 0 Å². The molecule has 4 rings (SSSR count). The molecule has 0 fully saturated rings. The molecule has 0 spiro atoms. The summed E-state index contributed by atoms with van der Waals surface area (Å²) in [6.07, 6.45) is 0. The van der Waals surface area contributed by atoms with Crippen LogP contribution in [0, 0.1) is 0 Å². The largest absolute Gasteiger partial charge is 0.493 e. The highest BCUT2D eigenvalue weighted by Crippen LogP contribution is 2.41. The van der Waals surface area contributed by atoms with E-state index in [-0.39, 0.29) is 17.5 Å². The van der Waals surface area contributed by atoms with Gasteiger partial charge in [-0.15, -0.1) is 0 Å². The molecule has 1 N–H and O–H groups in total. The molecular weight excluding hydrogens is 475 g/mol. The molecule has 0 amide bonds. The number of aliphatic imine (C=N–C) groups is 1. The second-order valence-corrected chi connectivity index (χ2v) is 10.4. The van der Waals surface area contributed by atoms with Gasteiger partial charge < -0.3 is 10.1 Å². The lowest BCUT2D eigenvalue weighted by Crippen LogP contribution is -2.26. The van der Waals surface area contributed by atoms with Gasteiger partial charge in [0.2, 0.25) is 0 Å². The van der Waals surface area contributed by atoms with Crippen LogP contribution in [0.1, 0.15) is 62.0 Å². The van der Waals surface area contributed by atoms with Crippen LogP contribution in [-0.2, 0) is 5.41 Å². The van der Waals surface area contributed by atoms with E-state index in [1.807, 2.05) is 67.6 Å². The van der Waals surface area contributed by atoms with Crippen molar-refractivity contribution in [3.63, 3.8) is 0 Å². The standard InChI is InChI=1S/C27H27Cl3N2O/c1-5-33-23-15-21(27(2,3)4)22(30)14-20(23)26-31-24(16-6-10-18(28)11-7-16)25(32-26)17-8-12-19(29)13-9-17/h6-15,24-25H,5H2,1-4H3,(H,31,32)/t24-,25+. The van der Waals surface area contributed by atoms with Crippen molar-refractivity contribution in [3.8, 4) is 5.75 Å². The molecule has 0 aliphatic carbocycles. The van der Waals surface area contributed by atoms with Crippen molar-refractivity contribution >= 4 is 40.6 Å². The van der Waals surface area contributed by atoms with Gasteiger partial charge in [-0.05, 0) is 65.4 Å². The van der Waals surface area contributed by atoms with Gasteiger partial charge in [0.05, 0.1) is 18.2 Å². The molecule has 6 heteroatoms. The van der Waals surface area contributed by atoms with Crippen molar-refractivity contribution < 1.29 is 4.74 Å². The molecule has 1 heterocycles. The summed E-state index contributed by atoms with van der Waals surface area (Å²) in [5.74, 6) is 1.52. The predicted molar refractivity (Wildman–Crippen MR) is 139 cm³/mol. The highest BCUT2D eigenvalue weighted by Gasteiger charge is 2.33. The van der Waals surface area contributed by atoms with E-state index in [0.717, 1.165) is 33.8 Å². The topological polar surface area (TPSA) is 33.6 Å². The third-order valence-corrected chi connectivity index (χ3v) is 6.57. The van der Waals surface area contributed by atoms with Crippen molar-refractivity contribution in [1.82, 2.24) is 5.32 Å². The molecule has 33 heavy (non-hydrogen) atoms. The van der Waals surface area contributed by atoms with Gasteiger partial charge in [0.15, 0.2) is 0 Å². The van der Waals surface area contributed by atoms with E-state index in [0.29, 0.717) is 21.7 Å². The molecule has 2 atom stereocenters. The monoisotopic (exact) mass is 500 g/mol. The van der Waals surface area contributed by atoms with Crippen molar-refractivity contribution in [2.45, 2.75) is 45.2 Å². The average Bonchev–Trinajstić information content (AvgIpc) is 3.20. The lowest BCUT2D eigenvalue weighted by atomic mass is 9.86. The van der Waals surface area contributed by atoms with E-state index in [2.05, 4.69) is 26.1 Å². The van der Waals surface area contributed by atoms with E-state index in [1.165, 1.54) is 0 Å². The summed E-state index contributed by atoms with van der Waals surface area (Å²) in [5.41, 5.74) is 3.94. The van der Waals surface area contributed by atoms with Crippen LogP contribution in [0.2, 0.25) is 15.1 Å². The first-order valence-electron chi connectivity index (χ1n) is 11.0. The Bertz CT molecular complexity index is 1170. The van der Waals surface area contributed by atoms with Gasteiger partial charge in [0.25, 0.3) is 0 Å². The Hall–Kier alpha value is -2.20. The van der Waals surface area contributed by atoms with Crippen LogP contribution in [0.15, 0.2) is 65.7 Å². The first-order valence-corrected chi connectivity index (χ1v) is 12.1. The Labute approximate surface area is 210 Å². The van der Waals surface area contributed by atoms with Crippen LogP contribution in [-0.4, -0.2) is 12.4 Å². The zero-order valence-corrected chi connectivity index (χ0v) is 21.4. The maximum atomic E-state index is 6.74. The molecule has 0 radical (unpaired) electrons. The number of hydrogen-bond donors (Lipinski definition) is 1. The summed E-state index contributed by atoms with van der Waals surface area (Å²) in [6.45, 7) is 8.95. The lowest BCUT2D eigenvalue weighted by Gasteiger charge is -2.23. The smallest absolute Gasteiger partial charge is 0.133 e. The number of halogens is 3. The molecule has 0 bridgehead atoms. The summed E-state index contributed by atoms with van der Waals surface area (Å²) < 4.78 is 6.04. The third kappa shape index (κ3) is 5.16. The number of benzene rings is 3. The fourth-order valence-corrected chi connectivity index (χ4v) is 4.77. The number of nitrogens with one attached hydrogen (secondary N) is 1. The fraction of sp³-hybridized carbons (Fsp3) is 0.296. The molecule has 0 aromatic heterocycles. The highest BCUT2D eigenvalue weighted by molar-refractivity contribution is 6.32. The summed E-state index contributed by atoms with van der Waals surface area (Å²) in [7, 11) is 0. The zero-order chi connectivity index (χ0) is 23.8. The van der Waals surface area contributed by atoms with Gasteiger partial charge in [0, 0.05) is 15.1 Å². The Balaban J connectivity index is 1.81. The Morgan fingerprint density at radius 3 is 2.00 bits per heavy atom. The molecule has 1 aliphatic heterocycles. The van der Waals surface area contributed by atoms with Gasteiger partial charge in [-0.1, -0.05) is 79.8 Å². The van der Waals surface area contributed by atoms with Gasteiger partial charge in [0.1, 0.15) is 17.6 Å². The van der Waals surface area contributed by atoms with Gasteiger partial charge >= 0.3 is 0 Å². The van der Waals surface area contributed by atoms with Crippen molar-refractivity contribution in [2.75, 3.05) is 6.61 Å². The third-order valence-electron chi connectivity index (χ3n) is 5.75. The van der Waals surface area contributed by atoms with Crippen LogP contribution in [0.5, 0.6) is 5.75 Å². The van der Waals surface area contributed by atoms with E-state index in [4.69, 9.17) is 44.5 Å². The number of nitrogens with zero attached hydrogens (tertiary/aromatic N) is 1. The quantitative estimate of drug-likeness (QED) is 0.382. The van der Waals surface area contributed by atoms with Gasteiger partial charge in [-0.3, -0.25) is 4.99 Å². The van der Waals surface area contributed by atoms with Gasteiger partial charge in [-0.25, -0.2) is 0 Å². The fourth-order valence-electron chi connectivity index (χ4n) is 4.08. The lowest BCUT2D eigenvalue weighted by molar-refractivity contribution is 0.338. The normalized spacial score (nSPS) is 18.1. The maximum Gasteiger partial charge on any atom is 0.133 e. The number of amidine groups is 1. The molecule has 3 aromatic rings. The highest BCUT2D eigenvalue weighted by atomic mass is 35.5. The van der Waals surface area contributed by atoms with Crippen LogP contribution >= 0.6 is 34.8 Å². The van der Waals surface area contributed by atoms with Gasteiger partial charge in [-0.2, -0.15) is 0 Å². The van der Waals surface area contributed by atoms with Crippen LogP contribution in [0.3, 0.4) is 0 Å². The summed E-state index contributed by atoms with van der Waals surface area (Å²) in [5, 5.41) is 5.72. The van der Waals surface area contributed by atoms with E-state index >= 15 is 0 Å². The molecule has 3 nitrogen and oxygen atoms in total. The Morgan fingerprint density at radius 1 is 0.879 bits per heavy atom. The number of ether oxygens (including phenoxy) is 1. The number of rotatable bonds is 5. The molecule has 3 aromatic carbocycles. The average molecular weight is 502 g/mol.